The molecule has 78 valence electrons. The Kier molecular flexibility index (Phi) is 3.50. The van der Waals surface area contributed by atoms with Gasteiger partial charge in [0.2, 0.25) is 0 Å². The van der Waals surface area contributed by atoms with E-state index in [9.17, 15) is 0 Å². The van der Waals surface area contributed by atoms with Gasteiger partial charge in [-0.25, -0.2) is 4.98 Å². The summed E-state index contributed by atoms with van der Waals surface area (Å²) in [5.74, 6) is 0. The number of nitrogens with zero attached hydrogens (tertiary/aromatic N) is 1. The fourth-order valence-electron chi connectivity index (χ4n) is 1.77. The zero-order valence-corrected chi connectivity index (χ0v) is 9.36. The molecule has 14 heavy (non-hydrogen) atoms. The van der Waals surface area contributed by atoms with Crippen LogP contribution in [0.4, 0.5) is 0 Å². The van der Waals surface area contributed by atoms with Gasteiger partial charge in [0.1, 0.15) is 5.01 Å². The highest BCUT2D eigenvalue weighted by Gasteiger charge is 2.12. The molecule has 0 saturated carbocycles. The molecule has 2 N–H and O–H groups in total. The van der Waals surface area contributed by atoms with Crippen molar-refractivity contribution in [3.63, 3.8) is 0 Å². The van der Waals surface area contributed by atoms with Crippen molar-refractivity contribution in [2.75, 3.05) is 13.1 Å². The first-order valence-electron chi connectivity index (χ1n) is 5.20. The third-order valence-electron chi connectivity index (χ3n) is 2.50. The van der Waals surface area contributed by atoms with Crippen LogP contribution in [0.25, 0.3) is 0 Å². The van der Waals surface area contributed by atoms with Gasteiger partial charge in [-0.1, -0.05) is 0 Å². The van der Waals surface area contributed by atoms with E-state index in [1.807, 2.05) is 6.92 Å². The zero-order chi connectivity index (χ0) is 9.80. The van der Waals surface area contributed by atoms with E-state index in [2.05, 4.69) is 21.0 Å². The number of aryl methyl sites for hydroxylation is 1. The molecule has 0 spiro atoms. The van der Waals surface area contributed by atoms with Gasteiger partial charge < -0.3 is 10.6 Å². The van der Waals surface area contributed by atoms with Crippen molar-refractivity contribution in [2.24, 2.45) is 0 Å². The van der Waals surface area contributed by atoms with Crippen LogP contribution < -0.4 is 10.6 Å². The summed E-state index contributed by atoms with van der Waals surface area (Å²) in [6.07, 6.45) is 2.63. The summed E-state index contributed by atoms with van der Waals surface area (Å²) in [6.45, 7) is 5.20. The van der Waals surface area contributed by atoms with Crippen LogP contribution in [-0.4, -0.2) is 24.1 Å². The van der Waals surface area contributed by atoms with Crippen molar-refractivity contribution in [1.82, 2.24) is 15.6 Å². The van der Waals surface area contributed by atoms with E-state index in [0.717, 1.165) is 18.8 Å². The second-order valence-electron chi connectivity index (χ2n) is 3.81. The number of hydrogen-bond acceptors (Lipinski definition) is 4. The Hall–Kier alpha value is -0.450. The van der Waals surface area contributed by atoms with Crippen LogP contribution in [0.1, 0.15) is 23.5 Å². The fraction of sp³-hybridized carbons (Fsp3) is 0.700. The quantitative estimate of drug-likeness (QED) is 0.788. The molecule has 1 aromatic heterocycles. The normalized spacial score (nSPS) is 21.6. The Balaban J connectivity index is 1.67. The first-order chi connectivity index (χ1) is 6.84. The Morgan fingerprint density at radius 2 is 2.64 bits per heavy atom. The first kappa shape index (κ1) is 10.1. The van der Waals surface area contributed by atoms with Gasteiger partial charge in [-0.05, 0) is 26.3 Å². The molecule has 1 saturated heterocycles. The Bertz CT molecular complexity index is 279. The van der Waals surface area contributed by atoms with E-state index in [-0.39, 0.29) is 0 Å². The Labute approximate surface area is 88.9 Å². The number of thiazole rings is 1. The molecule has 1 unspecified atom stereocenters. The van der Waals surface area contributed by atoms with Crippen molar-refractivity contribution in [2.45, 2.75) is 32.4 Å². The maximum atomic E-state index is 4.41. The predicted octanol–water partition coefficient (Wildman–Crippen LogP) is 1.29. The average Bonchev–Trinajstić information content (AvgIpc) is 2.77. The summed E-state index contributed by atoms with van der Waals surface area (Å²) >= 11 is 1.74. The molecule has 0 aromatic carbocycles. The number of hydrogen-bond donors (Lipinski definition) is 2. The van der Waals surface area contributed by atoms with Crippen molar-refractivity contribution < 1.29 is 0 Å². The summed E-state index contributed by atoms with van der Waals surface area (Å²) in [7, 11) is 0. The van der Waals surface area contributed by atoms with Crippen LogP contribution in [0.2, 0.25) is 0 Å². The number of aromatic nitrogens is 1. The minimum Gasteiger partial charge on any atom is -0.313 e. The van der Waals surface area contributed by atoms with E-state index in [4.69, 9.17) is 0 Å². The summed E-state index contributed by atoms with van der Waals surface area (Å²) in [5, 5.41) is 10.2. The third-order valence-corrected chi connectivity index (χ3v) is 3.46. The molecule has 2 heterocycles. The molecule has 4 heteroatoms. The maximum Gasteiger partial charge on any atom is 0.107 e. The summed E-state index contributed by atoms with van der Waals surface area (Å²) in [6, 6.07) is 0.677. The summed E-state index contributed by atoms with van der Waals surface area (Å²) in [4.78, 5) is 4.41. The highest BCUT2D eigenvalue weighted by Crippen LogP contribution is 2.08. The minimum atomic E-state index is 0.677. The molecule has 0 radical (unpaired) electrons. The van der Waals surface area contributed by atoms with Crippen LogP contribution in [0.3, 0.4) is 0 Å². The summed E-state index contributed by atoms with van der Waals surface area (Å²) < 4.78 is 0. The van der Waals surface area contributed by atoms with Crippen LogP contribution in [0.5, 0.6) is 0 Å². The lowest BCUT2D eigenvalue weighted by molar-refractivity contribution is 0.535. The second-order valence-corrected chi connectivity index (χ2v) is 4.75. The third kappa shape index (κ3) is 2.77. The lowest BCUT2D eigenvalue weighted by Crippen LogP contribution is -2.33. The van der Waals surface area contributed by atoms with Crippen molar-refractivity contribution in [1.29, 1.82) is 0 Å². The fourth-order valence-corrected chi connectivity index (χ4v) is 2.51. The predicted molar refractivity (Wildman–Crippen MR) is 59.6 cm³/mol. The van der Waals surface area contributed by atoms with E-state index < -0.39 is 0 Å². The largest absolute Gasteiger partial charge is 0.313 e. The monoisotopic (exact) mass is 211 g/mol. The van der Waals surface area contributed by atoms with Gasteiger partial charge in [0.25, 0.3) is 0 Å². The molecule has 0 aliphatic carbocycles. The SMILES string of the molecule is Cc1csc(CNCC2CCCN2)n1. The second kappa shape index (κ2) is 4.87. The van der Waals surface area contributed by atoms with Crippen LogP contribution in [-0.2, 0) is 6.54 Å². The van der Waals surface area contributed by atoms with Crippen molar-refractivity contribution in [3.05, 3.63) is 16.1 Å². The lowest BCUT2D eigenvalue weighted by atomic mass is 10.2. The van der Waals surface area contributed by atoms with Gasteiger partial charge in [-0.15, -0.1) is 11.3 Å². The smallest absolute Gasteiger partial charge is 0.107 e. The minimum absolute atomic E-state index is 0.677. The molecule has 1 aliphatic heterocycles. The lowest BCUT2D eigenvalue weighted by Gasteiger charge is -2.09. The number of nitrogens with one attached hydrogen (secondary N) is 2. The van der Waals surface area contributed by atoms with Crippen molar-refractivity contribution in [3.8, 4) is 0 Å². The van der Waals surface area contributed by atoms with Gasteiger partial charge in [-0.3, -0.25) is 0 Å². The number of rotatable bonds is 4. The van der Waals surface area contributed by atoms with E-state index in [1.54, 1.807) is 11.3 Å². The standard InChI is InChI=1S/C10H17N3S/c1-8-7-14-10(13-8)6-11-5-9-3-2-4-12-9/h7,9,11-12H,2-6H2,1H3. The highest BCUT2D eigenvalue weighted by molar-refractivity contribution is 7.09. The maximum absolute atomic E-state index is 4.41. The van der Waals surface area contributed by atoms with Crippen LogP contribution in [0.15, 0.2) is 5.38 Å². The molecule has 1 fully saturated rings. The Morgan fingerprint density at radius 3 is 3.29 bits per heavy atom. The van der Waals surface area contributed by atoms with Crippen LogP contribution in [0, 0.1) is 6.92 Å². The van der Waals surface area contributed by atoms with E-state index in [1.165, 1.54) is 24.4 Å². The summed E-state index contributed by atoms with van der Waals surface area (Å²) in [5.41, 5.74) is 1.13. The van der Waals surface area contributed by atoms with Gasteiger partial charge in [0, 0.05) is 30.2 Å². The molecular weight excluding hydrogens is 194 g/mol. The molecule has 0 bridgehead atoms. The van der Waals surface area contributed by atoms with Crippen LogP contribution >= 0.6 is 11.3 Å². The van der Waals surface area contributed by atoms with Crippen molar-refractivity contribution >= 4 is 11.3 Å². The van der Waals surface area contributed by atoms with Gasteiger partial charge in [0.05, 0.1) is 0 Å². The van der Waals surface area contributed by atoms with E-state index in [0.29, 0.717) is 6.04 Å². The topological polar surface area (TPSA) is 37.0 Å². The average molecular weight is 211 g/mol. The molecule has 0 amide bonds. The Morgan fingerprint density at radius 1 is 1.71 bits per heavy atom. The first-order valence-corrected chi connectivity index (χ1v) is 6.07. The highest BCUT2D eigenvalue weighted by atomic mass is 32.1. The molecule has 2 rings (SSSR count). The van der Waals surface area contributed by atoms with Gasteiger partial charge in [0.15, 0.2) is 0 Å². The molecule has 1 aromatic rings. The zero-order valence-electron chi connectivity index (χ0n) is 8.55. The molecule has 3 nitrogen and oxygen atoms in total. The molecule has 1 aliphatic rings. The molecule has 1 atom stereocenters. The van der Waals surface area contributed by atoms with Gasteiger partial charge >= 0.3 is 0 Å². The van der Waals surface area contributed by atoms with E-state index >= 15 is 0 Å². The van der Waals surface area contributed by atoms with Gasteiger partial charge in [-0.2, -0.15) is 0 Å². The molecular formula is C10H17N3S.